The number of rotatable bonds is 3. The number of esters is 1. The monoisotopic (exact) mass is 288 g/mol. The van der Waals surface area contributed by atoms with Crippen molar-refractivity contribution in [1.82, 2.24) is 4.98 Å². The van der Waals surface area contributed by atoms with E-state index in [2.05, 4.69) is 29.4 Å². The van der Waals surface area contributed by atoms with Gasteiger partial charge in [-0.05, 0) is 26.0 Å². The van der Waals surface area contributed by atoms with Crippen LogP contribution in [0.25, 0.3) is 0 Å². The average molecular weight is 288 g/mol. The molecule has 104 valence electrons. The number of benzene rings is 1. The van der Waals surface area contributed by atoms with Crippen LogP contribution in [0.1, 0.15) is 30.3 Å². The van der Waals surface area contributed by atoms with E-state index < -0.39 is 5.60 Å². The van der Waals surface area contributed by atoms with Crippen molar-refractivity contribution in [2.75, 3.05) is 5.32 Å². The van der Waals surface area contributed by atoms with Crippen LogP contribution in [0.15, 0.2) is 29.6 Å². The Morgan fingerprint density at radius 2 is 2.10 bits per heavy atom. The molecule has 0 radical (unpaired) electrons. The standard InChI is InChI=1S/C15H16N2O2S/c1-10-3-5-11(6-4-10)16-12-9-20-14(17-12)15(2)8-7-13(18)19-15/h3-6,9,16H,7-8H2,1-2H3. The van der Waals surface area contributed by atoms with Gasteiger partial charge in [-0.2, -0.15) is 0 Å². The number of anilines is 2. The van der Waals surface area contributed by atoms with Gasteiger partial charge in [-0.15, -0.1) is 11.3 Å². The minimum Gasteiger partial charge on any atom is -0.452 e. The number of carbonyl (C=O) groups is 1. The second-order valence-electron chi connectivity index (χ2n) is 5.23. The summed E-state index contributed by atoms with van der Waals surface area (Å²) in [5, 5.41) is 6.06. The van der Waals surface area contributed by atoms with E-state index in [0.717, 1.165) is 16.5 Å². The molecule has 2 aromatic rings. The molecule has 4 nitrogen and oxygen atoms in total. The molecule has 1 aromatic carbocycles. The van der Waals surface area contributed by atoms with E-state index in [9.17, 15) is 4.79 Å². The predicted octanol–water partition coefficient (Wildman–Crippen LogP) is 3.75. The fraction of sp³-hybridized carbons (Fsp3) is 0.333. The molecule has 1 fully saturated rings. The second kappa shape index (κ2) is 4.90. The highest BCUT2D eigenvalue weighted by atomic mass is 32.1. The zero-order chi connectivity index (χ0) is 14.2. The predicted molar refractivity (Wildman–Crippen MR) is 79.3 cm³/mol. The van der Waals surface area contributed by atoms with E-state index in [1.54, 1.807) is 0 Å². The number of hydrogen-bond acceptors (Lipinski definition) is 5. The van der Waals surface area contributed by atoms with E-state index in [4.69, 9.17) is 4.74 Å². The third kappa shape index (κ3) is 2.54. The van der Waals surface area contributed by atoms with Gasteiger partial charge in [0.15, 0.2) is 5.60 Å². The molecule has 1 N–H and O–H groups in total. The first kappa shape index (κ1) is 13.1. The third-order valence-electron chi connectivity index (χ3n) is 3.43. The topological polar surface area (TPSA) is 51.2 Å². The Labute approximate surface area is 121 Å². The normalized spacial score (nSPS) is 21.8. The summed E-state index contributed by atoms with van der Waals surface area (Å²) in [5.74, 6) is 0.647. The van der Waals surface area contributed by atoms with Crippen molar-refractivity contribution >= 4 is 28.8 Å². The summed E-state index contributed by atoms with van der Waals surface area (Å²) in [5.41, 5.74) is 1.66. The Balaban J connectivity index is 1.77. The van der Waals surface area contributed by atoms with Gasteiger partial charge >= 0.3 is 5.97 Å². The van der Waals surface area contributed by atoms with Crippen LogP contribution >= 0.6 is 11.3 Å². The number of thiazole rings is 1. The van der Waals surface area contributed by atoms with Gasteiger partial charge in [-0.1, -0.05) is 17.7 Å². The maximum atomic E-state index is 11.3. The molecule has 3 rings (SSSR count). The third-order valence-corrected chi connectivity index (χ3v) is 4.51. The summed E-state index contributed by atoms with van der Waals surface area (Å²) in [7, 11) is 0. The van der Waals surface area contributed by atoms with Crippen LogP contribution in [0.4, 0.5) is 11.5 Å². The van der Waals surface area contributed by atoms with Crippen LogP contribution in [0.3, 0.4) is 0 Å². The molecule has 1 saturated heterocycles. The molecule has 0 saturated carbocycles. The molecular weight excluding hydrogens is 272 g/mol. The fourth-order valence-corrected chi connectivity index (χ4v) is 3.08. The smallest absolute Gasteiger partial charge is 0.306 e. The van der Waals surface area contributed by atoms with Crippen LogP contribution in [-0.4, -0.2) is 11.0 Å². The van der Waals surface area contributed by atoms with Gasteiger partial charge in [0.25, 0.3) is 0 Å². The first-order chi connectivity index (χ1) is 9.55. The van der Waals surface area contributed by atoms with E-state index in [1.165, 1.54) is 16.9 Å². The van der Waals surface area contributed by atoms with Crippen molar-refractivity contribution in [3.63, 3.8) is 0 Å². The number of carbonyl (C=O) groups excluding carboxylic acids is 1. The highest BCUT2D eigenvalue weighted by Crippen LogP contribution is 2.38. The van der Waals surface area contributed by atoms with Crippen LogP contribution in [-0.2, 0) is 15.1 Å². The molecule has 0 spiro atoms. The molecular formula is C15H16N2O2S. The molecule has 1 aliphatic rings. The van der Waals surface area contributed by atoms with E-state index in [0.29, 0.717) is 12.8 Å². The van der Waals surface area contributed by atoms with Crippen LogP contribution < -0.4 is 5.32 Å². The van der Waals surface area contributed by atoms with Crippen LogP contribution in [0.5, 0.6) is 0 Å². The van der Waals surface area contributed by atoms with Crippen molar-refractivity contribution in [3.05, 3.63) is 40.2 Å². The highest BCUT2D eigenvalue weighted by molar-refractivity contribution is 7.10. The Bertz CT molecular complexity index is 636. The van der Waals surface area contributed by atoms with Crippen molar-refractivity contribution in [2.45, 2.75) is 32.3 Å². The number of hydrogen-bond donors (Lipinski definition) is 1. The summed E-state index contributed by atoms with van der Waals surface area (Å²) in [6.07, 6.45) is 1.17. The molecule has 5 heteroatoms. The van der Waals surface area contributed by atoms with E-state index >= 15 is 0 Å². The number of aryl methyl sites for hydroxylation is 1. The lowest BCUT2D eigenvalue weighted by molar-refractivity contribution is -0.147. The molecule has 0 bridgehead atoms. The number of nitrogens with zero attached hydrogens (tertiary/aromatic N) is 1. The van der Waals surface area contributed by atoms with Gasteiger partial charge in [0.05, 0.1) is 0 Å². The SMILES string of the molecule is Cc1ccc(Nc2csc(C3(C)CCC(=O)O3)n2)cc1. The minimum absolute atomic E-state index is 0.143. The number of ether oxygens (including phenoxy) is 1. The van der Waals surface area contributed by atoms with Gasteiger partial charge in [-0.25, -0.2) is 4.98 Å². The summed E-state index contributed by atoms with van der Waals surface area (Å²) in [4.78, 5) is 15.8. The number of nitrogens with one attached hydrogen (secondary N) is 1. The van der Waals surface area contributed by atoms with Gasteiger partial charge in [-0.3, -0.25) is 4.79 Å². The van der Waals surface area contributed by atoms with Crippen LogP contribution in [0, 0.1) is 6.92 Å². The number of cyclic esters (lactones) is 1. The first-order valence-electron chi connectivity index (χ1n) is 6.57. The fourth-order valence-electron chi connectivity index (χ4n) is 2.20. The molecule has 1 aliphatic heterocycles. The molecule has 0 amide bonds. The molecule has 20 heavy (non-hydrogen) atoms. The molecule has 0 aliphatic carbocycles. The van der Waals surface area contributed by atoms with E-state index in [1.807, 2.05) is 24.4 Å². The number of aromatic nitrogens is 1. The van der Waals surface area contributed by atoms with Crippen molar-refractivity contribution in [2.24, 2.45) is 0 Å². The lowest BCUT2D eigenvalue weighted by atomic mass is 10.0. The van der Waals surface area contributed by atoms with Gasteiger partial charge in [0.2, 0.25) is 0 Å². The Kier molecular flexibility index (Phi) is 3.22. The van der Waals surface area contributed by atoms with Crippen LogP contribution in [0.2, 0.25) is 0 Å². The van der Waals surface area contributed by atoms with Gasteiger partial charge in [0.1, 0.15) is 10.8 Å². The lowest BCUT2D eigenvalue weighted by Gasteiger charge is -2.19. The molecule has 2 heterocycles. The summed E-state index contributed by atoms with van der Waals surface area (Å²) < 4.78 is 5.40. The van der Waals surface area contributed by atoms with Crippen molar-refractivity contribution in [3.8, 4) is 0 Å². The van der Waals surface area contributed by atoms with Crippen molar-refractivity contribution in [1.29, 1.82) is 0 Å². The van der Waals surface area contributed by atoms with Gasteiger partial charge < -0.3 is 10.1 Å². The molecule has 1 unspecified atom stereocenters. The van der Waals surface area contributed by atoms with Gasteiger partial charge in [0, 0.05) is 23.9 Å². The average Bonchev–Trinajstić information content (AvgIpc) is 3.01. The quantitative estimate of drug-likeness (QED) is 0.874. The maximum absolute atomic E-state index is 11.3. The molecule has 1 atom stereocenters. The summed E-state index contributed by atoms with van der Waals surface area (Å²) in [6, 6.07) is 8.14. The minimum atomic E-state index is -0.561. The first-order valence-corrected chi connectivity index (χ1v) is 7.45. The Morgan fingerprint density at radius 3 is 2.75 bits per heavy atom. The second-order valence-corrected chi connectivity index (χ2v) is 6.09. The lowest BCUT2D eigenvalue weighted by Crippen LogP contribution is -2.20. The Hall–Kier alpha value is -1.88. The summed E-state index contributed by atoms with van der Waals surface area (Å²) >= 11 is 1.52. The zero-order valence-electron chi connectivity index (χ0n) is 11.5. The van der Waals surface area contributed by atoms with Crippen molar-refractivity contribution < 1.29 is 9.53 Å². The van der Waals surface area contributed by atoms with E-state index in [-0.39, 0.29) is 5.97 Å². The summed E-state index contributed by atoms with van der Waals surface area (Å²) in [6.45, 7) is 3.98. The maximum Gasteiger partial charge on any atom is 0.306 e. The highest BCUT2D eigenvalue weighted by Gasteiger charge is 2.40. The largest absolute Gasteiger partial charge is 0.452 e. The zero-order valence-corrected chi connectivity index (χ0v) is 12.3. The molecule has 1 aromatic heterocycles. The Morgan fingerprint density at radius 1 is 1.35 bits per heavy atom.